The molecule has 104 valence electrons. The second-order valence-corrected chi connectivity index (χ2v) is 5.91. The van der Waals surface area contributed by atoms with E-state index in [0.29, 0.717) is 0 Å². The van der Waals surface area contributed by atoms with E-state index in [-0.39, 0.29) is 5.41 Å². The predicted molar refractivity (Wildman–Crippen MR) is 81.2 cm³/mol. The second kappa shape index (κ2) is 4.89. The summed E-state index contributed by atoms with van der Waals surface area (Å²) < 4.78 is 7.63. The first kappa shape index (κ1) is 13.9. The van der Waals surface area contributed by atoms with Gasteiger partial charge in [0.25, 0.3) is 0 Å². The maximum absolute atomic E-state index is 5.42. The first-order valence-corrected chi connectivity index (χ1v) is 6.69. The van der Waals surface area contributed by atoms with Crippen LogP contribution in [0, 0.1) is 6.92 Å². The number of likely N-dealkylation sites (N-methyl/N-ethyl adjacent to an activating group) is 1. The summed E-state index contributed by atoms with van der Waals surface area (Å²) in [6, 6.07) is 4.24. The van der Waals surface area contributed by atoms with Crippen molar-refractivity contribution in [2.24, 2.45) is 7.05 Å². The molecule has 1 heterocycles. The van der Waals surface area contributed by atoms with Crippen molar-refractivity contribution in [2.45, 2.75) is 26.2 Å². The zero-order chi connectivity index (χ0) is 14.2. The van der Waals surface area contributed by atoms with Gasteiger partial charge in [-0.05, 0) is 37.2 Å². The van der Waals surface area contributed by atoms with E-state index in [1.165, 1.54) is 22.0 Å². The normalized spacial score (nSPS) is 12.1. The van der Waals surface area contributed by atoms with Crippen LogP contribution in [-0.2, 0) is 12.5 Å². The lowest BCUT2D eigenvalue weighted by atomic mass is 9.84. The molecular weight excluding hydrogens is 236 g/mol. The van der Waals surface area contributed by atoms with E-state index < -0.39 is 0 Å². The molecule has 0 atom stereocenters. The van der Waals surface area contributed by atoms with Crippen LogP contribution in [0.2, 0.25) is 0 Å². The lowest BCUT2D eigenvalue weighted by Crippen LogP contribution is -2.30. The molecule has 1 aromatic heterocycles. The molecule has 0 unspecified atom stereocenters. The minimum Gasteiger partial charge on any atom is -0.497 e. The van der Waals surface area contributed by atoms with E-state index in [1.807, 2.05) is 7.05 Å². The van der Waals surface area contributed by atoms with Gasteiger partial charge in [0.1, 0.15) is 5.75 Å². The smallest absolute Gasteiger partial charge is 0.119 e. The third-order valence-corrected chi connectivity index (χ3v) is 3.82. The summed E-state index contributed by atoms with van der Waals surface area (Å²) in [4.78, 5) is 0. The molecule has 0 radical (unpaired) electrons. The molecule has 0 aliphatic rings. The monoisotopic (exact) mass is 260 g/mol. The maximum Gasteiger partial charge on any atom is 0.119 e. The Labute approximate surface area is 115 Å². The quantitative estimate of drug-likeness (QED) is 0.914. The van der Waals surface area contributed by atoms with Gasteiger partial charge in [0.2, 0.25) is 0 Å². The number of aromatic nitrogens is 1. The van der Waals surface area contributed by atoms with Crippen molar-refractivity contribution in [1.29, 1.82) is 0 Å². The van der Waals surface area contributed by atoms with E-state index >= 15 is 0 Å². The van der Waals surface area contributed by atoms with Crippen molar-refractivity contribution in [3.8, 4) is 5.75 Å². The van der Waals surface area contributed by atoms with Crippen LogP contribution in [-0.4, -0.2) is 25.3 Å². The molecule has 1 N–H and O–H groups in total. The molecule has 0 saturated carbocycles. The molecule has 3 heteroatoms. The average molecular weight is 260 g/mol. The highest BCUT2D eigenvalue weighted by Crippen LogP contribution is 2.35. The summed E-state index contributed by atoms with van der Waals surface area (Å²) in [5.74, 6) is 0.928. The third kappa shape index (κ3) is 2.35. The lowest BCUT2D eigenvalue weighted by molar-refractivity contribution is 0.415. The van der Waals surface area contributed by atoms with Crippen molar-refractivity contribution in [3.63, 3.8) is 0 Å². The molecule has 3 nitrogen and oxygen atoms in total. The fourth-order valence-electron chi connectivity index (χ4n) is 2.94. The lowest BCUT2D eigenvalue weighted by Gasteiger charge is -2.24. The summed E-state index contributed by atoms with van der Waals surface area (Å²) in [6.07, 6.45) is 2.24. The highest BCUT2D eigenvalue weighted by atomic mass is 16.5. The predicted octanol–water partition coefficient (Wildman–Crippen LogP) is 2.99. The minimum absolute atomic E-state index is 0.0903. The van der Waals surface area contributed by atoms with Crippen LogP contribution in [0.25, 0.3) is 10.9 Å². The van der Waals surface area contributed by atoms with Crippen molar-refractivity contribution >= 4 is 10.9 Å². The van der Waals surface area contributed by atoms with Crippen LogP contribution in [0.3, 0.4) is 0 Å². The number of rotatable bonds is 4. The van der Waals surface area contributed by atoms with Crippen molar-refractivity contribution in [3.05, 3.63) is 29.5 Å². The second-order valence-electron chi connectivity index (χ2n) is 5.91. The van der Waals surface area contributed by atoms with Gasteiger partial charge in [-0.25, -0.2) is 0 Å². The number of ether oxygens (including phenoxy) is 1. The van der Waals surface area contributed by atoms with Gasteiger partial charge in [-0.3, -0.25) is 0 Å². The van der Waals surface area contributed by atoms with Crippen LogP contribution in [0.5, 0.6) is 5.75 Å². The summed E-state index contributed by atoms with van der Waals surface area (Å²) in [5.41, 5.74) is 4.00. The van der Waals surface area contributed by atoms with E-state index in [4.69, 9.17) is 4.74 Å². The van der Waals surface area contributed by atoms with Gasteiger partial charge in [-0.2, -0.15) is 0 Å². The first-order valence-electron chi connectivity index (χ1n) is 6.69. The van der Waals surface area contributed by atoms with E-state index in [2.05, 4.69) is 56.0 Å². The Kier molecular flexibility index (Phi) is 3.59. The number of nitrogens with one attached hydrogen (secondary N) is 1. The van der Waals surface area contributed by atoms with Crippen LogP contribution in [0.1, 0.15) is 25.0 Å². The average Bonchev–Trinajstić information content (AvgIpc) is 2.67. The standard InChI is InChI=1S/C16H24N2O/c1-11-7-12(19-6)8-13-14(9-18(5)15(11)13)16(2,3)10-17-4/h7-9,17H,10H2,1-6H3. The number of hydrogen-bond acceptors (Lipinski definition) is 2. The van der Waals surface area contributed by atoms with Gasteiger partial charge in [0, 0.05) is 30.6 Å². The molecule has 0 fully saturated rings. The molecule has 0 spiro atoms. The Morgan fingerprint density at radius 1 is 1.32 bits per heavy atom. The van der Waals surface area contributed by atoms with Crippen molar-refractivity contribution < 1.29 is 4.74 Å². The molecule has 0 saturated heterocycles. The number of aryl methyl sites for hydroxylation is 2. The summed E-state index contributed by atoms with van der Waals surface area (Å²) in [6.45, 7) is 7.63. The Morgan fingerprint density at radius 2 is 2.00 bits per heavy atom. The zero-order valence-corrected chi connectivity index (χ0v) is 12.8. The molecule has 0 aliphatic heterocycles. The highest BCUT2D eigenvalue weighted by Gasteiger charge is 2.25. The van der Waals surface area contributed by atoms with E-state index in [0.717, 1.165) is 12.3 Å². The van der Waals surface area contributed by atoms with Gasteiger partial charge in [0.15, 0.2) is 0 Å². The van der Waals surface area contributed by atoms with Crippen LogP contribution in [0.15, 0.2) is 18.3 Å². The van der Waals surface area contributed by atoms with Crippen LogP contribution >= 0.6 is 0 Å². The van der Waals surface area contributed by atoms with Crippen LogP contribution in [0.4, 0.5) is 0 Å². The summed E-state index contributed by atoms with van der Waals surface area (Å²) in [5, 5.41) is 4.57. The van der Waals surface area contributed by atoms with Gasteiger partial charge < -0.3 is 14.6 Å². The van der Waals surface area contributed by atoms with Gasteiger partial charge >= 0.3 is 0 Å². The van der Waals surface area contributed by atoms with Gasteiger partial charge in [0.05, 0.1) is 12.6 Å². The topological polar surface area (TPSA) is 26.2 Å². The van der Waals surface area contributed by atoms with Gasteiger partial charge in [-0.15, -0.1) is 0 Å². The van der Waals surface area contributed by atoms with Crippen molar-refractivity contribution in [2.75, 3.05) is 20.7 Å². The molecule has 0 aliphatic carbocycles. The Morgan fingerprint density at radius 3 is 2.58 bits per heavy atom. The van der Waals surface area contributed by atoms with E-state index in [1.54, 1.807) is 7.11 Å². The number of methoxy groups -OCH3 is 1. The summed E-state index contributed by atoms with van der Waals surface area (Å²) in [7, 11) is 5.83. The number of fused-ring (bicyclic) bond motifs is 1. The Bertz CT molecular complexity index is 596. The molecule has 1 aromatic carbocycles. The maximum atomic E-state index is 5.42. The first-order chi connectivity index (χ1) is 8.90. The van der Waals surface area contributed by atoms with Crippen LogP contribution < -0.4 is 10.1 Å². The fourth-order valence-corrected chi connectivity index (χ4v) is 2.94. The fraction of sp³-hybridized carbons (Fsp3) is 0.500. The molecule has 2 aromatic rings. The highest BCUT2D eigenvalue weighted by molar-refractivity contribution is 5.89. The molecule has 0 bridgehead atoms. The zero-order valence-electron chi connectivity index (χ0n) is 12.8. The SMILES string of the molecule is CNCC(C)(C)c1cn(C)c2c(C)cc(OC)cc12. The Balaban J connectivity index is 2.72. The Hall–Kier alpha value is -1.48. The number of nitrogens with zero attached hydrogens (tertiary/aromatic N) is 1. The summed E-state index contributed by atoms with van der Waals surface area (Å²) >= 11 is 0. The molecule has 19 heavy (non-hydrogen) atoms. The largest absolute Gasteiger partial charge is 0.497 e. The minimum atomic E-state index is 0.0903. The third-order valence-electron chi connectivity index (χ3n) is 3.82. The number of benzene rings is 1. The van der Waals surface area contributed by atoms with Gasteiger partial charge in [-0.1, -0.05) is 13.8 Å². The van der Waals surface area contributed by atoms with E-state index in [9.17, 15) is 0 Å². The number of hydrogen-bond donors (Lipinski definition) is 1. The van der Waals surface area contributed by atoms with Crippen molar-refractivity contribution in [1.82, 2.24) is 9.88 Å². The molecule has 2 rings (SSSR count). The molecular formula is C16H24N2O. The molecule has 0 amide bonds.